The molecule has 2 aliphatic rings. The minimum absolute atomic E-state index is 0.00582. The maximum atomic E-state index is 12.8. The van der Waals surface area contributed by atoms with Crippen molar-refractivity contribution in [3.05, 3.63) is 0 Å². The first-order valence-electron chi connectivity index (χ1n) is 8.74. The predicted octanol–water partition coefficient (Wildman–Crippen LogP) is 3.28. The van der Waals surface area contributed by atoms with Crippen LogP contribution in [-0.4, -0.2) is 48.8 Å². The number of urea groups is 1. The summed E-state index contributed by atoms with van der Waals surface area (Å²) in [6.45, 7) is 5.17. The minimum atomic E-state index is -4.15. The Bertz CT molecular complexity index is 381. The third kappa shape index (κ3) is 5.86. The molecule has 0 aromatic rings. The van der Waals surface area contributed by atoms with E-state index >= 15 is 0 Å². The first-order valence-corrected chi connectivity index (χ1v) is 8.74. The average molecular weight is 335 g/mol. The molecule has 1 aliphatic carbocycles. The first kappa shape index (κ1) is 18.4. The van der Waals surface area contributed by atoms with Crippen LogP contribution in [0.3, 0.4) is 0 Å². The Labute approximate surface area is 136 Å². The molecular weight excluding hydrogens is 307 g/mol. The van der Waals surface area contributed by atoms with Crippen molar-refractivity contribution < 1.29 is 18.0 Å². The summed E-state index contributed by atoms with van der Waals surface area (Å²) in [5.41, 5.74) is 0. The van der Waals surface area contributed by atoms with Crippen LogP contribution in [0.5, 0.6) is 0 Å². The number of alkyl halides is 3. The van der Waals surface area contributed by atoms with Crippen LogP contribution in [0.25, 0.3) is 0 Å². The van der Waals surface area contributed by atoms with Gasteiger partial charge in [-0.2, -0.15) is 13.2 Å². The lowest BCUT2D eigenvalue weighted by atomic mass is 9.85. The molecule has 0 bridgehead atoms. The molecule has 0 radical (unpaired) electrons. The number of hydrogen-bond donors (Lipinski definition) is 2. The molecule has 0 unspecified atom stereocenters. The van der Waals surface area contributed by atoms with Crippen LogP contribution < -0.4 is 10.6 Å². The normalized spacial score (nSPS) is 27.7. The monoisotopic (exact) mass is 335 g/mol. The lowest BCUT2D eigenvalue weighted by molar-refractivity contribution is -0.183. The van der Waals surface area contributed by atoms with E-state index in [1.54, 1.807) is 0 Å². The Balaban J connectivity index is 1.71. The van der Waals surface area contributed by atoms with Crippen LogP contribution in [0, 0.1) is 5.92 Å². The van der Waals surface area contributed by atoms with Crippen molar-refractivity contribution >= 4 is 6.03 Å². The number of hydrogen-bond acceptors (Lipinski definition) is 2. The fourth-order valence-corrected chi connectivity index (χ4v) is 3.65. The van der Waals surface area contributed by atoms with E-state index in [-0.39, 0.29) is 31.0 Å². The molecule has 0 spiro atoms. The summed E-state index contributed by atoms with van der Waals surface area (Å²) in [6, 6.07) is -0.549. The Morgan fingerprint density at radius 2 is 1.74 bits per heavy atom. The van der Waals surface area contributed by atoms with Gasteiger partial charge in [0.1, 0.15) is 0 Å². The summed E-state index contributed by atoms with van der Waals surface area (Å²) >= 11 is 0. The van der Waals surface area contributed by atoms with Gasteiger partial charge < -0.3 is 15.5 Å². The van der Waals surface area contributed by atoms with Gasteiger partial charge in [-0.3, -0.25) is 0 Å². The molecule has 7 heteroatoms. The Hall–Kier alpha value is -0.980. The molecule has 23 heavy (non-hydrogen) atoms. The molecule has 1 saturated heterocycles. The molecule has 1 aliphatic heterocycles. The molecule has 0 aromatic heterocycles. The molecule has 2 rings (SSSR count). The van der Waals surface area contributed by atoms with Gasteiger partial charge in [-0.05, 0) is 45.1 Å². The van der Waals surface area contributed by atoms with Gasteiger partial charge in [-0.1, -0.05) is 13.3 Å². The molecular formula is C16H28F3N3O. The summed E-state index contributed by atoms with van der Waals surface area (Å²) in [4.78, 5) is 14.4. The highest BCUT2D eigenvalue weighted by Crippen LogP contribution is 2.37. The third-order valence-corrected chi connectivity index (χ3v) is 4.93. The Morgan fingerprint density at radius 3 is 2.35 bits per heavy atom. The second kappa shape index (κ2) is 8.22. The number of likely N-dealkylation sites (tertiary alicyclic amines) is 1. The molecule has 4 nitrogen and oxygen atoms in total. The van der Waals surface area contributed by atoms with Crippen LogP contribution in [0.15, 0.2) is 0 Å². The van der Waals surface area contributed by atoms with Crippen LogP contribution >= 0.6 is 0 Å². The van der Waals surface area contributed by atoms with Crippen molar-refractivity contribution in [3.8, 4) is 0 Å². The zero-order chi connectivity index (χ0) is 16.9. The third-order valence-electron chi connectivity index (χ3n) is 4.93. The van der Waals surface area contributed by atoms with E-state index in [4.69, 9.17) is 0 Å². The number of rotatable bonds is 4. The predicted molar refractivity (Wildman–Crippen MR) is 83.2 cm³/mol. The summed E-state index contributed by atoms with van der Waals surface area (Å²) in [5.74, 6) is -1.28. The van der Waals surface area contributed by atoms with Crippen molar-refractivity contribution in [2.24, 2.45) is 5.92 Å². The number of carbonyl (C=O) groups excluding carboxylic acids is 1. The van der Waals surface area contributed by atoms with Gasteiger partial charge >= 0.3 is 12.2 Å². The second-order valence-electron chi connectivity index (χ2n) is 6.84. The zero-order valence-electron chi connectivity index (χ0n) is 13.8. The highest BCUT2D eigenvalue weighted by atomic mass is 19.4. The molecule has 1 saturated carbocycles. The van der Waals surface area contributed by atoms with Gasteiger partial charge in [0.05, 0.1) is 5.92 Å². The molecule has 2 atom stereocenters. The maximum Gasteiger partial charge on any atom is 0.391 e. The van der Waals surface area contributed by atoms with Gasteiger partial charge in [0.2, 0.25) is 0 Å². The zero-order valence-corrected chi connectivity index (χ0v) is 13.8. The SMILES string of the molecule is CCCN1CCC(NC(=O)N[C@@H]2CCC[C@H](C(F)(F)F)C2)CC1. The Morgan fingerprint density at radius 1 is 1.09 bits per heavy atom. The number of amides is 2. The van der Waals surface area contributed by atoms with Gasteiger partial charge in [-0.25, -0.2) is 4.79 Å². The summed E-state index contributed by atoms with van der Waals surface area (Å²) < 4.78 is 38.4. The number of carbonyl (C=O) groups is 1. The summed E-state index contributed by atoms with van der Waals surface area (Å²) in [7, 11) is 0. The lowest BCUT2D eigenvalue weighted by Gasteiger charge is -2.34. The largest absolute Gasteiger partial charge is 0.391 e. The fraction of sp³-hybridized carbons (Fsp3) is 0.938. The van der Waals surface area contributed by atoms with Crippen LogP contribution in [-0.2, 0) is 0 Å². The Kier molecular flexibility index (Phi) is 6.56. The summed E-state index contributed by atoms with van der Waals surface area (Å²) in [5, 5.41) is 5.67. The van der Waals surface area contributed by atoms with Crippen molar-refractivity contribution in [3.63, 3.8) is 0 Å². The van der Waals surface area contributed by atoms with Crippen molar-refractivity contribution in [1.82, 2.24) is 15.5 Å². The standard InChI is InChI=1S/C16H28F3N3O/c1-2-8-22-9-6-13(7-10-22)20-15(23)21-14-5-3-4-12(11-14)16(17,18)19/h12-14H,2-11H2,1H3,(H2,20,21,23)/t12-,14+/m0/s1. The van der Waals surface area contributed by atoms with Crippen molar-refractivity contribution in [2.45, 2.75) is 70.1 Å². The molecule has 0 aromatic carbocycles. The van der Waals surface area contributed by atoms with E-state index in [0.29, 0.717) is 12.8 Å². The van der Waals surface area contributed by atoms with E-state index < -0.39 is 12.1 Å². The van der Waals surface area contributed by atoms with Gasteiger partial charge in [0, 0.05) is 25.2 Å². The smallest absolute Gasteiger partial charge is 0.335 e. The molecule has 134 valence electrons. The van der Waals surface area contributed by atoms with E-state index in [9.17, 15) is 18.0 Å². The van der Waals surface area contributed by atoms with Gasteiger partial charge in [0.15, 0.2) is 0 Å². The molecule has 2 N–H and O–H groups in total. The topological polar surface area (TPSA) is 44.4 Å². The molecule has 2 fully saturated rings. The van der Waals surface area contributed by atoms with E-state index in [0.717, 1.165) is 38.9 Å². The van der Waals surface area contributed by atoms with E-state index in [2.05, 4.69) is 22.5 Å². The highest BCUT2D eigenvalue weighted by molar-refractivity contribution is 5.74. The lowest BCUT2D eigenvalue weighted by Crippen LogP contribution is -2.51. The van der Waals surface area contributed by atoms with Gasteiger partial charge in [-0.15, -0.1) is 0 Å². The fourth-order valence-electron chi connectivity index (χ4n) is 3.65. The highest BCUT2D eigenvalue weighted by Gasteiger charge is 2.42. The van der Waals surface area contributed by atoms with Crippen molar-refractivity contribution in [1.29, 1.82) is 0 Å². The van der Waals surface area contributed by atoms with Crippen LogP contribution in [0.1, 0.15) is 51.9 Å². The number of piperidine rings is 1. The maximum absolute atomic E-state index is 12.8. The molecule has 1 heterocycles. The number of nitrogens with one attached hydrogen (secondary N) is 2. The van der Waals surface area contributed by atoms with Crippen molar-refractivity contribution in [2.75, 3.05) is 19.6 Å². The number of nitrogens with zero attached hydrogens (tertiary/aromatic N) is 1. The van der Waals surface area contributed by atoms with Crippen LogP contribution in [0.2, 0.25) is 0 Å². The summed E-state index contributed by atoms with van der Waals surface area (Å²) in [6.07, 6.45) is 0.126. The quantitative estimate of drug-likeness (QED) is 0.828. The molecule has 2 amide bonds. The van der Waals surface area contributed by atoms with E-state index in [1.807, 2.05) is 0 Å². The first-order chi connectivity index (χ1) is 10.9. The average Bonchev–Trinajstić information content (AvgIpc) is 2.49. The number of halogens is 3. The second-order valence-corrected chi connectivity index (χ2v) is 6.84. The van der Waals surface area contributed by atoms with Crippen LogP contribution in [0.4, 0.5) is 18.0 Å². The van der Waals surface area contributed by atoms with Gasteiger partial charge in [0.25, 0.3) is 0 Å². The minimum Gasteiger partial charge on any atom is -0.335 e. The van der Waals surface area contributed by atoms with E-state index in [1.165, 1.54) is 0 Å².